The summed E-state index contributed by atoms with van der Waals surface area (Å²) in [5.74, 6) is 0.0518. The maximum atomic E-state index is 11.2. The Morgan fingerprint density at radius 1 is 1.20 bits per heavy atom. The fourth-order valence-electron chi connectivity index (χ4n) is 0.996. The summed E-state index contributed by atoms with van der Waals surface area (Å²) in [5.41, 5.74) is 0. The molecule has 0 rings (SSSR count). The van der Waals surface area contributed by atoms with E-state index in [1.807, 2.05) is 6.92 Å². The first-order valence-corrected chi connectivity index (χ1v) is 5.35. The summed E-state index contributed by atoms with van der Waals surface area (Å²) in [6, 6.07) is 0. The second-order valence-corrected chi connectivity index (χ2v) is 3.04. The maximum absolute atomic E-state index is 11.2. The molecule has 0 radical (unpaired) electrons. The van der Waals surface area contributed by atoms with Gasteiger partial charge in [-0.2, -0.15) is 0 Å². The van der Waals surface area contributed by atoms with Crippen LogP contribution >= 0.6 is 0 Å². The first-order valence-electron chi connectivity index (χ1n) is 5.35. The molecule has 0 aliphatic rings. The van der Waals surface area contributed by atoms with E-state index in [1.54, 1.807) is 7.11 Å². The number of hydrogen-bond acceptors (Lipinski definition) is 4. The van der Waals surface area contributed by atoms with Gasteiger partial charge in [-0.15, -0.1) is 0 Å². The first kappa shape index (κ1) is 14.3. The van der Waals surface area contributed by atoms with Crippen molar-refractivity contribution in [3.63, 3.8) is 0 Å². The van der Waals surface area contributed by atoms with Gasteiger partial charge in [-0.1, -0.05) is 0 Å². The molecule has 0 heterocycles. The van der Waals surface area contributed by atoms with Gasteiger partial charge in [0.2, 0.25) is 5.91 Å². The number of hydrogen-bond donors (Lipinski definition) is 2. The summed E-state index contributed by atoms with van der Waals surface area (Å²) in [7, 11) is 1.61. The zero-order chi connectivity index (χ0) is 11.4. The Hall–Kier alpha value is -0.650. The third kappa shape index (κ3) is 11.3. The van der Waals surface area contributed by atoms with Crippen molar-refractivity contribution in [2.24, 2.45) is 0 Å². The monoisotopic (exact) mass is 218 g/mol. The SMILES string of the molecule is CCOCCNCCC(=O)NCCOC. The van der Waals surface area contributed by atoms with Gasteiger partial charge in [0.25, 0.3) is 0 Å². The van der Waals surface area contributed by atoms with Crippen LogP contribution in [0.1, 0.15) is 13.3 Å². The van der Waals surface area contributed by atoms with E-state index in [2.05, 4.69) is 10.6 Å². The minimum absolute atomic E-state index is 0.0518. The Bertz CT molecular complexity index is 154. The van der Waals surface area contributed by atoms with Crippen molar-refractivity contribution in [1.82, 2.24) is 10.6 Å². The normalized spacial score (nSPS) is 10.3. The van der Waals surface area contributed by atoms with Crippen molar-refractivity contribution < 1.29 is 14.3 Å². The summed E-state index contributed by atoms with van der Waals surface area (Å²) >= 11 is 0. The van der Waals surface area contributed by atoms with Crippen LogP contribution in [0.5, 0.6) is 0 Å². The van der Waals surface area contributed by atoms with Crippen LogP contribution in [0.3, 0.4) is 0 Å². The van der Waals surface area contributed by atoms with Crippen LogP contribution in [0.25, 0.3) is 0 Å². The van der Waals surface area contributed by atoms with Crippen molar-refractivity contribution in [1.29, 1.82) is 0 Å². The standard InChI is InChI=1S/C10H22N2O3/c1-3-15-9-6-11-5-4-10(13)12-7-8-14-2/h11H,3-9H2,1-2H3,(H,12,13). The lowest BCUT2D eigenvalue weighted by Crippen LogP contribution is -2.31. The van der Waals surface area contributed by atoms with Gasteiger partial charge in [-0.25, -0.2) is 0 Å². The van der Waals surface area contributed by atoms with Crippen molar-refractivity contribution in [2.45, 2.75) is 13.3 Å². The largest absolute Gasteiger partial charge is 0.383 e. The van der Waals surface area contributed by atoms with Crippen LogP contribution in [0, 0.1) is 0 Å². The molecule has 0 fully saturated rings. The number of amides is 1. The van der Waals surface area contributed by atoms with Gasteiger partial charge >= 0.3 is 0 Å². The minimum atomic E-state index is 0.0518. The number of carbonyl (C=O) groups is 1. The van der Waals surface area contributed by atoms with Crippen molar-refractivity contribution in [3.8, 4) is 0 Å². The second-order valence-electron chi connectivity index (χ2n) is 3.04. The molecule has 0 aromatic carbocycles. The molecule has 1 amide bonds. The molecule has 0 saturated carbocycles. The molecule has 0 atom stereocenters. The summed E-state index contributed by atoms with van der Waals surface area (Å²) in [4.78, 5) is 11.2. The highest BCUT2D eigenvalue weighted by atomic mass is 16.5. The molecule has 90 valence electrons. The molecule has 0 spiro atoms. The van der Waals surface area contributed by atoms with Gasteiger partial charge in [0.15, 0.2) is 0 Å². The van der Waals surface area contributed by atoms with E-state index in [9.17, 15) is 4.79 Å². The summed E-state index contributed by atoms with van der Waals surface area (Å²) < 4.78 is 9.96. The Labute approximate surface area is 91.5 Å². The molecule has 2 N–H and O–H groups in total. The number of carbonyl (C=O) groups excluding carboxylic acids is 1. The topological polar surface area (TPSA) is 59.6 Å². The van der Waals surface area contributed by atoms with Gasteiger partial charge in [-0.05, 0) is 6.92 Å². The zero-order valence-electron chi connectivity index (χ0n) is 9.67. The fraction of sp³-hybridized carbons (Fsp3) is 0.900. The summed E-state index contributed by atoms with van der Waals surface area (Å²) in [5, 5.41) is 5.87. The Morgan fingerprint density at radius 2 is 2.00 bits per heavy atom. The molecule has 0 aromatic rings. The van der Waals surface area contributed by atoms with Gasteiger partial charge in [0.1, 0.15) is 0 Å². The van der Waals surface area contributed by atoms with Crippen molar-refractivity contribution in [2.75, 3.05) is 46.6 Å². The minimum Gasteiger partial charge on any atom is -0.383 e. The molecule has 15 heavy (non-hydrogen) atoms. The summed E-state index contributed by atoms with van der Waals surface area (Å²) in [6.07, 6.45) is 0.496. The molecule has 5 nitrogen and oxygen atoms in total. The van der Waals surface area contributed by atoms with Crippen LogP contribution in [0.2, 0.25) is 0 Å². The quantitative estimate of drug-likeness (QED) is 0.497. The Balaban J connectivity index is 3.10. The third-order valence-electron chi connectivity index (χ3n) is 1.78. The molecule has 0 saturated heterocycles. The van der Waals surface area contributed by atoms with E-state index in [1.165, 1.54) is 0 Å². The smallest absolute Gasteiger partial charge is 0.221 e. The third-order valence-corrected chi connectivity index (χ3v) is 1.78. The molecular weight excluding hydrogens is 196 g/mol. The van der Waals surface area contributed by atoms with Gasteiger partial charge < -0.3 is 20.1 Å². The van der Waals surface area contributed by atoms with Crippen LogP contribution in [0.15, 0.2) is 0 Å². The molecule has 0 aromatic heterocycles. The lowest BCUT2D eigenvalue weighted by molar-refractivity contribution is -0.121. The first-order chi connectivity index (χ1) is 7.31. The Kier molecular flexibility index (Phi) is 10.9. The highest BCUT2D eigenvalue weighted by molar-refractivity contribution is 5.75. The van der Waals surface area contributed by atoms with E-state index in [-0.39, 0.29) is 5.91 Å². The molecule has 0 aliphatic heterocycles. The van der Waals surface area contributed by atoms with Gasteiger partial charge in [0, 0.05) is 39.8 Å². The maximum Gasteiger partial charge on any atom is 0.221 e. The molecule has 0 unspecified atom stereocenters. The zero-order valence-corrected chi connectivity index (χ0v) is 9.67. The van der Waals surface area contributed by atoms with Crippen LogP contribution in [-0.2, 0) is 14.3 Å². The fourth-order valence-corrected chi connectivity index (χ4v) is 0.996. The Morgan fingerprint density at radius 3 is 2.67 bits per heavy atom. The average molecular weight is 218 g/mol. The average Bonchev–Trinajstić information content (AvgIpc) is 2.23. The highest BCUT2D eigenvalue weighted by Crippen LogP contribution is 1.78. The molecule has 5 heteroatoms. The lowest BCUT2D eigenvalue weighted by atomic mass is 10.4. The van der Waals surface area contributed by atoms with E-state index >= 15 is 0 Å². The number of methoxy groups -OCH3 is 1. The number of rotatable bonds is 10. The second kappa shape index (κ2) is 11.4. The molecule has 0 aliphatic carbocycles. The van der Waals surface area contributed by atoms with Crippen molar-refractivity contribution in [3.05, 3.63) is 0 Å². The summed E-state index contributed by atoms with van der Waals surface area (Å²) in [6.45, 7) is 6.01. The molecular formula is C10H22N2O3. The molecule has 0 bridgehead atoms. The number of ether oxygens (including phenoxy) is 2. The number of nitrogens with one attached hydrogen (secondary N) is 2. The van der Waals surface area contributed by atoms with Gasteiger partial charge in [0.05, 0.1) is 13.2 Å². The highest BCUT2D eigenvalue weighted by Gasteiger charge is 1.98. The van der Waals surface area contributed by atoms with E-state index in [0.717, 1.165) is 13.2 Å². The van der Waals surface area contributed by atoms with E-state index in [4.69, 9.17) is 9.47 Å². The van der Waals surface area contributed by atoms with E-state index in [0.29, 0.717) is 32.7 Å². The van der Waals surface area contributed by atoms with Crippen LogP contribution in [0.4, 0.5) is 0 Å². The van der Waals surface area contributed by atoms with Crippen molar-refractivity contribution >= 4 is 5.91 Å². The van der Waals surface area contributed by atoms with E-state index < -0.39 is 0 Å². The lowest BCUT2D eigenvalue weighted by Gasteiger charge is -2.06. The predicted octanol–water partition coefficient (Wildman–Crippen LogP) is -0.235. The van der Waals surface area contributed by atoms with Crippen LogP contribution < -0.4 is 10.6 Å². The van der Waals surface area contributed by atoms with Gasteiger partial charge in [-0.3, -0.25) is 4.79 Å². The van der Waals surface area contributed by atoms with Crippen LogP contribution in [-0.4, -0.2) is 52.5 Å². The predicted molar refractivity (Wildman–Crippen MR) is 58.9 cm³/mol.